The van der Waals surface area contributed by atoms with Crippen LogP contribution in [0.1, 0.15) is 11.1 Å². The molecule has 2 N–H and O–H groups in total. The van der Waals surface area contributed by atoms with Crippen LogP contribution in [0.15, 0.2) is 60.9 Å². The highest BCUT2D eigenvalue weighted by molar-refractivity contribution is 5.29. The first kappa shape index (κ1) is 13.3. The number of nitrogens with two attached hydrogens (primary N) is 1. The zero-order valence-electron chi connectivity index (χ0n) is 11.5. The van der Waals surface area contributed by atoms with E-state index < -0.39 is 0 Å². The molecule has 0 fully saturated rings. The van der Waals surface area contributed by atoms with Gasteiger partial charge in [-0.25, -0.2) is 4.68 Å². The van der Waals surface area contributed by atoms with Crippen molar-refractivity contribution in [1.29, 1.82) is 0 Å². The second-order valence-electron chi connectivity index (χ2n) is 4.62. The molecular weight excluding hydrogens is 264 g/mol. The van der Waals surface area contributed by atoms with Gasteiger partial charge in [-0.3, -0.25) is 0 Å². The highest BCUT2D eigenvalue weighted by Crippen LogP contribution is 2.11. The molecule has 5 nitrogen and oxygen atoms in total. The van der Waals surface area contributed by atoms with Crippen molar-refractivity contribution < 1.29 is 4.74 Å². The molecule has 0 bridgehead atoms. The molecule has 0 aliphatic carbocycles. The molecule has 0 atom stereocenters. The van der Waals surface area contributed by atoms with Crippen LogP contribution in [-0.4, -0.2) is 14.8 Å². The number of benzene rings is 2. The van der Waals surface area contributed by atoms with E-state index in [-0.39, 0.29) is 0 Å². The Hall–Kier alpha value is -2.66. The van der Waals surface area contributed by atoms with Crippen LogP contribution in [0.4, 0.5) is 0 Å². The number of aromatic nitrogens is 3. The summed E-state index contributed by atoms with van der Waals surface area (Å²) < 4.78 is 7.28. The molecule has 0 spiro atoms. The van der Waals surface area contributed by atoms with Crippen molar-refractivity contribution >= 4 is 0 Å². The highest BCUT2D eigenvalue weighted by Gasteiger charge is 2.04. The van der Waals surface area contributed by atoms with E-state index in [0.29, 0.717) is 19.2 Å². The van der Waals surface area contributed by atoms with Gasteiger partial charge in [0.2, 0.25) is 0 Å². The van der Waals surface area contributed by atoms with Crippen LogP contribution >= 0.6 is 0 Å². The van der Waals surface area contributed by atoms with Gasteiger partial charge in [-0.05, 0) is 23.3 Å². The van der Waals surface area contributed by atoms with Gasteiger partial charge in [0.1, 0.15) is 12.9 Å². The summed E-state index contributed by atoms with van der Waals surface area (Å²) in [7, 11) is 0. The monoisotopic (exact) mass is 280 g/mol. The molecular formula is C16H16N4O. The molecule has 1 heterocycles. The summed E-state index contributed by atoms with van der Waals surface area (Å²) in [5, 5.41) is 4.29. The minimum absolute atomic E-state index is 0.363. The Kier molecular flexibility index (Phi) is 3.93. The molecule has 1 aromatic heterocycles. The molecule has 21 heavy (non-hydrogen) atoms. The first-order chi connectivity index (χ1) is 10.3. The Bertz CT molecular complexity index is 692. The van der Waals surface area contributed by atoms with Crippen molar-refractivity contribution in [1.82, 2.24) is 14.8 Å². The second kappa shape index (κ2) is 6.19. The van der Waals surface area contributed by atoms with E-state index in [0.717, 1.165) is 16.8 Å². The molecule has 106 valence electrons. The maximum absolute atomic E-state index is 5.59. The molecule has 0 aliphatic heterocycles. The van der Waals surface area contributed by atoms with Crippen LogP contribution in [0.2, 0.25) is 0 Å². The van der Waals surface area contributed by atoms with E-state index in [1.165, 1.54) is 0 Å². The molecule has 0 saturated heterocycles. The molecule has 2 aromatic carbocycles. The minimum atomic E-state index is 0.363. The first-order valence-electron chi connectivity index (χ1n) is 6.73. The lowest BCUT2D eigenvalue weighted by Gasteiger charge is -2.03. The minimum Gasteiger partial charge on any atom is -0.458 e. The Balaban J connectivity index is 1.64. The third-order valence-electron chi connectivity index (χ3n) is 3.12. The van der Waals surface area contributed by atoms with Crippen LogP contribution in [0, 0.1) is 0 Å². The predicted molar refractivity (Wildman–Crippen MR) is 80.0 cm³/mol. The number of rotatable bonds is 5. The fourth-order valence-electron chi connectivity index (χ4n) is 1.94. The van der Waals surface area contributed by atoms with Gasteiger partial charge in [0.05, 0.1) is 5.69 Å². The molecule has 0 radical (unpaired) electrons. The van der Waals surface area contributed by atoms with Gasteiger partial charge < -0.3 is 10.5 Å². The topological polar surface area (TPSA) is 66.0 Å². The number of nitrogens with zero attached hydrogens (tertiary/aromatic N) is 3. The van der Waals surface area contributed by atoms with Crippen molar-refractivity contribution in [3.8, 4) is 11.7 Å². The maximum Gasteiger partial charge on any atom is 0.336 e. The van der Waals surface area contributed by atoms with Gasteiger partial charge in [0.25, 0.3) is 0 Å². The second-order valence-corrected chi connectivity index (χ2v) is 4.62. The van der Waals surface area contributed by atoms with Crippen molar-refractivity contribution in [2.24, 2.45) is 5.73 Å². The van der Waals surface area contributed by atoms with E-state index in [1.54, 1.807) is 11.0 Å². The lowest BCUT2D eigenvalue weighted by molar-refractivity contribution is 0.281. The molecule has 0 aliphatic rings. The summed E-state index contributed by atoms with van der Waals surface area (Å²) in [5.74, 6) is 0. The van der Waals surface area contributed by atoms with Crippen molar-refractivity contribution in [3.63, 3.8) is 0 Å². The standard InChI is InChI=1S/C16H16N4O/c17-10-13-6-8-14(9-7-13)11-21-16-18-12-20(19-16)15-4-2-1-3-5-15/h1-9,12H,10-11,17H2. The third kappa shape index (κ3) is 3.27. The summed E-state index contributed by atoms with van der Waals surface area (Å²) in [5.41, 5.74) is 8.68. The SMILES string of the molecule is NCc1ccc(COc2ncn(-c3ccccc3)n2)cc1. The summed E-state index contributed by atoms with van der Waals surface area (Å²) in [6.07, 6.45) is 1.64. The summed E-state index contributed by atoms with van der Waals surface area (Å²) in [4.78, 5) is 4.15. The van der Waals surface area contributed by atoms with Crippen LogP contribution in [0.25, 0.3) is 5.69 Å². The average molecular weight is 280 g/mol. The summed E-state index contributed by atoms with van der Waals surface area (Å²) in [6, 6.07) is 18.1. The number of hydrogen-bond donors (Lipinski definition) is 1. The van der Waals surface area contributed by atoms with Crippen LogP contribution < -0.4 is 10.5 Å². The quantitative estimate of drug-likeness (QED) is 0.779. The zero-order chi connectivity index (χ0) is 14.5. The van der Waals surface area contributed by atoms with Gasteiger partial charge in [0, 0.05) is 6.54 Å². The maximum atomic E-state index is 5.59. The first-order valence-corrected chi connectivity index (χ1v) is 6.73. The lowest BCUT2D eigenvalue weighted by Crippen LogP contribution is -2.00. The highest BCUT2D eigenvalue weighted by atomic mass is 16.5. The van der Waals surface area contributed by atoms with Crippen molar-refractivity contribution in [3.05, 3.63) is 72.1 Å². The molecule has 3 aromatic rings. The molecule has 5 heteroatoms. The van der Waals surface area contributed by atoms with Gasteiger partial charge in [-0.2, -0.15) is 4.98 Å². The van der Waals surface area contributed by atoms with E-state index in [9.17, 15) is 0 Å². The molecule has 0 amide bonds. The van der Waals surface area contributed by atoms with E-state index >= 15 is 0 Å². The predicted octanol–water partition coefficient (Wildman–Crippen LogP) is 2.31. The van der Waals surface area contributed by atoms with Crippen molar-refractivity contribution in [2.75, 3.05) is 0 Å². The number of para-hydroxylation sites is 1. The van der Waals surface area contributed by atoms with E-state index in [1.807, 2.05) is 54.6 Å². The Morgan fingerprint density at radius 3 is 2.38 bits per heavy atom. The summed E-state index contributed by atoms with van der Waals surface area (Å²) >= 11 is 0. The smallest absolute Gasteiger partial charge is 0.336 e. The largest absolute Gasteiger partial charge is 0.458 e. The molecule has 0 saturated carbocycles. The van der Waals surface area contributed by atoms with Gasteiger partial charge in [0.15, 0.2) is 0 Å². The van der Waals surface area contributed by atoms with Gasteiger partial charge in [-0.1, -0.05) is 42.5 Å². The van der Waals surface area contributed by atoms with Gasteiger partial charge >= 0.3 is 6.01 Å². The Labute approximate surface area is 123 Å². The lowest BCUT2D eigenvalue weighted by atomic mass is 10.1. The fraction of sp³-hybridized carbons (Fsp3) is 0.125. The van der Waals surface area contributed by atoms with Crippen LogP contribution in [0.3, 0.4) is 0 Å². The van der Waals surface area contributed by atoms with Crippen molar-refractivity contribution in [2.45, 2.75) is 13.2 Å². The molecule has 0 unspecified atom stereocenters. The van der Waals surface area contributed by atoms with E-state index in [4.69, 9.17) is 10.5 Å². The number of ether oxygens (including phenoxy) is 1. The fourth-order valence-corrected chi connectivity index (χ4v) is 1.94. The summed E-state index contributed by atoms with van der Waals surface area (Å²) in [6.45, 7) is 0.980. The molecule has 3 rings (SSSR count). The number of hydrogen-bond acceptors (Lipinski definition) is 4. The normalized spacial score (nSPS) is 10.5. The third-order valence-corrected chi connectivity index (χ3v) is 3.12. The van der Waals surface area contributed by atoms with E-state index in [2.05, 4.69) is 10.1 Å². The Morgan fingerprint density at radius 1 is 0.952 bits per heavy atom. The van der Waals surface area contributed by atoms with Gasteiger partial charge in [-0.15, -0.1) is 5.10 Å². The Morgan fingerprint density at radius 2 is 1.67 bits per heavy atom. The van der Waals surface area contributed by atoms with Crippen LogP contribution in [-0.2, 0) is 13.2 Å². The average Bonchev–Trinajstić information content (AvgIpc) is 3.03. The zero-order valence-corrected chi connectivity index (χ0v) is 11.5. The van der Waals surface area contributed by atoms with Crippen LogP contribution in [0.5, 0.6) is 6.01 Å².